The van der Waals surface area contributed by atoms with Gasteiger partial charge in [0.2, 0.25) is 5.91 Å². The van der Waals surface area contributed by atoms with Crippen molar-refractivity contribution in [3.8, 4) is 5.75 Å². The van der Waals surface area contributed by atoms with E-state index in [1.807, 2.05) is 6.92 Å². The molecule has 1 fully saturated rings. The molecule has 1 aliphatic heterocycles. The third kappa shape index (κ3) is 3.70. The number of nitrogens with one attached hydrogen (secondary N) is 1. The molecule has 2 rings (SSSR count). The lowest BCUT2D eigenvalue weighted by Crippen LogP contribution is -2.23. The van der Waals surface area contributed by atoms with Crippen LogP contribution in [0, 0.1) is 5.92 Å². The maximum atomic E-state index is 11.9. The molecule has 0 bridgehead atoms. The van der Waals surface area contributed by atoms with E-state index in [9.17, 15) is 13.2 Å². The molecular weight excluding hydrogens is 266 g/mol. The minimum absolute atomic E-state index is 0.0458. The van der Waals surface area contributed by atoms with E-state index in [0.717, 1.165) is 5.75 Å². The fourth-order valence-corrected chi connectivity index (χ4v) is 3.79. The molecule has 19 heavy (non-hydrogen) atoms. The lowest BCUT2D eigenvalue weighted by atomic mass is 10.1. The molecule has 1 amide bonds. The molecular formula is C13H17NO4S. The van der Waals surface area contributed by atoms with Gasteiger partial charge in [-0.05, 0) is 37.6 Å². The molecule has 1 atom stereocenters. The van der Waals surface area contributed by atoms with E-state index < -0.39 is 15.8 Å². The van der Waals surface area contributed by atoms with Crippen LogP contribution in [0.3, 0.4) is 0 Å². The van der Waals surface area contributed by atoms with Crippen LogP contribution in [0.2, 0.25) is 0 Å². The third-order valence-electron chi connectivity index (χ3n) is 3.04. The zero-order chi connectivity index (χ0) is 13.9. The number of carbonyl (C=O) groups is 1. The van der Waals surface area contributed by atoms with Crippen molar-refractivity contribution in [2.45, 2.75) is 13.3 Å². The van der Waals surface area contributed by atoms with E-state index in [2.05, 4.69) is 5.32 Å². The van der Waals surface area contributed by atoms with Gasteiger partial charge in [-0.1, -0.05) is 0 Å². The molecule has 1 N–H and O–H groups in total. The maximum Gasteiger partial charge on any atom is 0.228 e. The van der Waals surface area contributed by atoms with Crippen molar-refractivity contribution in [3.63, 3.8) is 0 Å². The Hall–Kier alpha value is -1.56. The predicted octanol–water partition coefficient (Wildman–Crippen LogP) is 1.46. The van der Waals surface area contributed by atoms with Crippen molar-refractivity contribution >= 4 is 21.4 Å². The summed E-state index contributed by atoms with van der Waals surface area (Å²) in [5, 5.41) is 2.73. The molecule has 0 saturated carbocycles. The first-order valence-corrected chi connectivity index (χ1v) is 8.06. The number of anilines is 1. The number of hydrogen-bond donors (Lipinski definition) is 1. The summed E-state index contributed by atoms with van der Waals surface area (Å²) in [5.74, 6) is 0.135. The summed E-state index contributed by atoms with van der Waals surface area (Å²) in [4.78, 5) is 11.9. The molecule has 0 unspecified atom stereocenters. The summed E-state index contributed by atoms with van der Waals surface area (Å²) in [6.45, 7) is 2.49. The average Bonchev–Trinajstić information content (AvgIpc) is 2.73. The smallest absolute Gasteiger partial charge is 0.228 e. The van der Waals surface area contributed by atoms with Gasteiger partial charge in [0.1, 0.15) is 5.75 Å². The zero-order valence-corrected chi connectivity index (χ0v) is 11.6. The van der Waals surface area contributed by atoms with E-state index in [0.29, 0.717) is 18.7 Å². The molecule has 1 saturated heterocycles. The summed E-state index contributed by atoms with van der Waals surface area (Å²) < 4.78 is 27.9. The Labute approximate surface area is 112 Å². The second-order valence-corrected chi connectivity index (χ2v) is 6.78. The van der Waals surface area contributed by atoms with Gasteiger partial charge in [-0.3, -0.25) is 4.79 Å². The Bertz CT molecular complexity index is 551. The minimum atomic E-state index is -3.03. The number of benzene rings is 1. The number of rotatable bonds is 4. The van der Waals surface area contributed by atoms with Gasteiger partial charge in [-0.25, -0.2) is 8.42 Å². The van der Waals surface area contributed by atoms with Gasteiger partial charge in [-0.15, -0.1) is 0 Å². The van der Waals surface area contributed by atoms with Crippen LogP contribution in [-0.2, 0) is 14.6 Å². The second kappa shape index (κ2) is 5.61. The van der Waals surface area contributed by atoms with Gasteiger partial charge in [0.05, 0.1) is 24.0 Å². The number of sulfone groups is 1. The van der Waals surface area contributed by atoms with Crippen molar-refractivity contribution in [3.05, 3.63) is 24.3 Å². The van der Waals surface area contributed by atoms with Crippen LogP contribution in [0.4, 0.5) is 5.69 Å². The summed E-state index contributed by atoms with van der Waals surface area (Å²) in [6.07, 6.45) is 0.408. The van der Waals surface area contributed by atoms with Crippen molar-refractivity contribution in [1.29, 1.82) is 0 Å². The van der Waals surface area contributed by atoms with Gasteiger partial charge in [0.15, 0.2) is 9.84 Å². The van der Waals surface area contributed by atoms with Crippen LogP contribution >= 0.6 is 0 Å². The summed E-state index contributed by atoms with van der Waals surface area (Å²) in [5.41, 5.74) is 0.651. The highest BCUT2D eigenvalue weighted by molar-refractivity contribution is 7.91. The molecule has 0 radical (unpaired) electrons. The van der Waals surface area contributed by atoms with Crippen molar-refractivity contribution in [1.82, 2.24) is 0 Å². The SMILES string of the molecule is CCOc1ccc(NC(=O)[C@@H]2CCS(=O)(=O)C2)cc1. The Kier molecular flexibility index (Phi) is 4.09. The molecule has 104 valence electrons. The summed E-state index contributed by atoms with van der Waals surface area (Å²) in [6, 6.07) is 7.02. The fraction of sp³-hybridized carbons (Fsp3) is 0.462. The standard InChI is InChI=1S/C13H17NO4S/c1-2-18-12-5-3-11(4-6-12)14-13(15)10-7-8-19(16,17)9-10/h3-6,10H,2,7-9H2,1H3,(H,14,15)/t10-/m1/s1. The Morgan fingerprint density at radius 3 is 2.58 bits per heavy atom. The molecule has 1 aromatic carbocycles. The number of ether oxygens (including phenoxy) is 1. The van der Waals surface area contributed by atoms with Crippen LogP contribution in [-0.4, -0.2) is 32.4 Å². The number of amides is 1. The largest absolute Gasteiger partial charge is 0.494 e. The van der Waals surface area contributed by atoms with Crippen molar-refractivity contribution < 1.29 is 17.9 Å². The van der Waals surface area contributed by atoms with Gasteiger partial charge in [0, 0.05) is 5.69 Å². The molecule has 5 nitrogen and oxygen atoms in total. The second-order valence-electron chi connectivity index (χ2n) is 4.55. The quantitative estimate of drug-likeness (QED) is 0.908. The van der Waals surface area contributed by atoms with E-state index in [1.165, 1.54) is 0 Å². The summed E-state index contributed by atoms with van der Waals surface area (Å²) >= 11 is 0. The lowest BCUT2D eigenvalue weighted by Gasteiger charge is -2.10. The first-order chi connectivity index (χ1) is 9.00. The maximum absolute atomic E-state index is 11.9. The van der Waals surface area contributed by atoms with Crippen molar-refractivity contribution in [2.24, 2.45) is 5.92 Å². The van der Waals surface area contributed by atoms with Crippen molar-refractivity contribution in [2.75, 3.05) is 23.4 Å². The van der Waals surface area contributed by atoms with Gasteiger partial charge >= 0.3 is 0 Å². The van der Waals surface area contributed by atoms with Crippen LogP contribution in [0.5, 0.6) is 5.75 Å². The molecule has 0 aliphatic carbocycles. The topological polar surface area (TPSA) is 72.5 Å². The van der Waals surface area contributed by atoms with Crippen LogP contribution in [0.1, 0.15) is 13.3 Å². The Balaban J connectivity index is 1.95. The minimum Gasteiger partial charge on any atom is -0.494 e. The molecule has 0 spiro atoms. The average molecular weight is 283 g/mol. The van der Waals surface area contributed by atoms with Gasteiger partial charge < -0.3 is 10.1 Å². The van der Waals surface area contributed by atoms with E-state index in [-0.39, 0.29) is 17.4 Å². The Morgan fingerprint density at radius 1 is 1.37 bits per heavy atom. The molecule has 6 heteroatoms. The zero-order valence-electron chi connectivity index (χ0n) is 10.8. The summed E-state index contributed by atoms with van der Waals surface area (Å²) in [7, 11) is -3.03. The van der Waals surface area contributed by atoms with Crippen LogP contribution < -0.4 is 10.1 Å². The first-order valence-electron chi connectivity index (χ1n) is 6.24. The highest BCUT2D eigenvalue weighted by Gasteiger charge is 2.32. The molecule has 1 aromatic rings. The third-order valence-corrected chi connectivity index (χ3v) is 4.80. The van der Waals surface area contributed by atoms with E-state index >= 15 is 0 Å². The van der Waals surface area contributed by atoms with E-state index in [1.54, 1.807) is 24.3 Å². The normalized spacial score (nSPS) is 21.0. The van der Waals surface area contributed by atoms with Gasteiger partial charge in [-0.2, -0.15) is 0 Å². The first kappa shape index (κ1) is 13.9. The molecule has 1 aliphatic rings. The monoisotopic (exact) mass is 283 g/mol. The molecule has 1 heterocycles. The lowest BCUT2D eigenvalue weighted by molar-refractivity contribution is -0.119. The Morgan fingerprint density at radius 2 is 2.05 bits per heavy atom. The van der Waals surface area contributed by atoms with Crippen LogP contribution in [0.25, 0.3) is 0 Å². The highest BCUT2D eigenvalue weighted by Crippen LogP contribution is 2.21. The molecule has 0 aromatic heterocycles. The van der Waals surface area contributed by atoms with Gasteiger partial charge in [0.25, 0.3) is 0 Å². The van der Waals surface area contributed by atoms with Crippen LogP contribution in [0.15, 0.2) is 24.3 Å². The number of hydrogen-bond acceptors (Lipinski definition) is 4. The number of carbonyl (C=O) groups excluding carboxylic acids is 1. The predicted molar refractivity (Wildman–Crippen MR) is 73.0 cm³/mol. The fourth-order valence-electron chi connectivity index (χ4n) is 2.05. The van der Waals surface area contributed by atoms with E-state index in [4.69, 9.17) is 4.74 Å². The highest BCUT2D eigenvalue weighted by atomic mass is 32.2.